The molecule has 0 atom stereocenters. The molecule has 0 radical (unpaired) electrons. The van der Waals surface area contributed by atoms with Gasteiger partial charge in [-0.1, -0.05) is 24.3 Å². The van der Waals surface area contributed by atoms with Crippen molar-refractivity contribution in [2.75, 3.05) is 5.73 Å². The Morgan fingerprint density at radius 3 is 2.35 bits per heavy atom. The molecular formula is C14H13NO2. The largest absolute Gasteiger partial charge is 0.478 e. The molecule has 17 heavy (non-hydrogen) atoms. The Hall–Kier alpha value is -2.29. The molecule has 0 heterocycles. The van der Waals surface area contributed by atoms with Crippen LogP contribution >= 0.6 is 0 Å². The molecule has 0 bridgehead atoms. The Morgan fingerprint density at radius 1 is 1.12 bits per heavy atom. The maximum absolute atomic E-state index is 11.2. The second-order valence-corrected chi connectivity index (χ2v) is 3.92. The summed E-state index contributed by atoms with van der Waals surface area (Å²) in [6.07, 6.45) is 0. The van der Waals surface area contributed by atoms with Crippen LogP contribution in [0.1, 0.15) is 15.9 Å². The topological polar surface area (TPSA) is 63.3 Å². The fourth-order valence-electron chi connectivity index (χ4n) is 1.88. The zero-order valence-corrected chi connectivity index (χ0v) is 9.47. The van der Waals surface area contributed by atoms with Gasteiger partial charge in [-0.25, -0.2) is 4.79 Å². The highest BCUT2D eigenvalue weighted by Gasteiger charge is 2.13. The molecule has 0 fully saturated rings. The highest BCUT2D eigenvalue weighted by molar-refractivity contribution is 5.97. The molecule has 0 saturated carbocycles. The monoisotopic (exact) mass is 227 g/mol. The highest BCUT2D eigenvalue weighted by Crippen LogP contribution is 2.28. The number of hydrogen-bond donors (Lipinski definition) is 2. The van der Waals surface area contributed by atoms with E-state index in [4.69, 9.17) is 5.73 Å². The van der Waals surface area contributed by atoms with Crippen molar-refractivity contribution in [3.63, 3.8) is 0 Å². The molecule has 0 unspecified atom stereocenters. The summed E-state index contributed by atoms with van der Waals surface area (Å²) in [5, 5.41) is 9.18. The Kier molecular flexibility index (Phi) is 2.83. The number of nitrogens with two attached hydrogens (primary N) is 1. The van der Waals surface area contributed by atoms with Gasteiger partial charge in [0.15, 0.2) is 0 Å². The van der Waals surface area contributed by atoms with Crippen LogP contribution in [0.5, 0.6) is 0 Å². The fourth-order valence-corrected chi connectivity index (χ4v) is 1.88. The summed E-state index contributed by atoms with van der Waals surface area (Å²) in [7, 11) is 0. The van der Waals surface area contributed by atoms with Gasteiger partial charge in [-0.3, -0.25) is 0 Å². The first-order valence-electron chi connectivity index (χ1n) is 5.28. The molecule has 3 nitrogen and oxygen atoms in total. The molecule has 3 N–H and O–H groups in total. The molecule has 0 aliphatic carbocycles. The van der Waals surface area contributed by atoms with Gasteiger partial charge < -0.3 is 10.8 Å². The summed E-state index contributed by atoms with van der Waals surface area (Å²) in [6.45, 7) is 1.90. The Morgan fingerprint density at radius 2 is 1.76 bits per heavy atom. The van der Waals surface area contributed by atoms with Crippen LogP contribution in [0, 0.1) is 6.92 Å². The molecule has 86 valence electrons. The van der Waals surface area contributed by atoms with E-state index >= 15 is 0 Å². The first kappa shape index (κ1) is 11.2. The van der Waals surface area contributed by atoms with Gasteiger partial charge in [0.1, 0.15) is 0 Å². The van der Waals surface area contributed by atoms with E-state index in [9.17, 15) is 9.90 Å². The van der Waals surface area contributed by atoms with E-state index in [0.29, 0.717) is 11.3 Å². The Labute approximate surface area is 99.5 Å². The molecule has 0 spiro atoms. The Balaban J connectivity index is 2.65. The van der Waals surface area contributed by atoms with Crippen molar-refractivity contribution < 1.29 is 9.90 Å². The van der Waals surface area contributed by atoms with E-state index in [0.717, 1.165) is 16.7 Å². The molecular weight excluding hydrogens is 214 g/mol. The quantitative estimate of drug-likeness (QED) is 0.775. The first-order chi connectivity index (χ1) is 8.09. The molecule has 2 aromatic carbocycles. The summed E-state index contributed by atoms with van der Waals surface area (Å²) >= 11 is 0. The number of anilines is 1. The van der Waals surface area contributed by atoms with Crippen LogP contribution in [0.3, 0.4) is 0 Å². The van der Waals surface area contributed by atoms with Crippen molar-refractivity contribution in [1.82, 2.24) is 0 Å². The lowest BCUT2D eigenvalue weighted by atomic mass is 9.95. The smallest absolute Gasteiger partial charge is 0.336 e. The van der Waals surface area contributed by atoms with E-state index in [2.05, 4.69) is 0 Å². The van der Waals surface area contributed by atoms with E-state index in [-0.39, 0.29) is 0 Å². The second kappa shape index (κ2) is 4.29. The van der Waals surface area contributed by atoms with Crippen LogP contribution in [0.2, 0.25) is 0 Å². The third-order valence-corrected chi connectivity index (χ3v) is 2.70. The number of benzene rings is 2. The summed E-state index contributed by atoms with van der Waals surface area (Å²) in [5.41, 5.74) is 9.16. The molecule has 3 heteroatoms. The molecule has 2 aromatic rings. The molecule has 0 aliphatic heterocycles. The van der Waals surface area contributed by atoms with E-state index in [1.807, 2.05) is 25.1 Å². The van der Waals surface area contributed by atoms with Crippen molar-refractivity contribution in [2.24, 2.45) is 0 Å². The summed E-state index contributed by atoms with van der Waals surface area (Å²) < 4.78 is 0. The Bertz CT molecular complexity index is 559. The van der Waals surface area contributed by atoms with Crippen molar-refractivity contribution in [1.29, 1.82) is 0 Å². The van der Waals surface area contributed by atoms with E-state index in [1.165, 1.54) is 0 Å². The normalized spacial score (nSPS) is 10.2. The van der Waals surface area contributed by atoms with Crippen molar-refractivity contribution in [3.05, 3.63) is 53.6 Å². The molecule has 0 aromatic heterocycles. The van der Waals surface area contributed by atoms with Crippen LogP contribution in [0.15, 0.2) is 42.5 Å². The average molecular weight is 227 g/mol. The van der Waals surface area contributed by atoms with Gasteiger partial charge in [-0.05, 0) is 41.8 Å². The van der Waals surface area contributed by atoms with E-state index < -0.39 is 5.97 Å². The predicted octanol–water partition coefficient (Wildman–Crippen LogP) is 2.94. The number of nitrogen functional groups attached to an aromatic ring is 1. The van der Waals surface area contributed by atoms with Crippen molar-refractivity contribution in [2.45, 2.75) is 6.92 Å². The molecule has 2 rings (SSSR count). The van der Waals surface area contributed by atoms with Crippen LogP contribution < -0.4 is 5.73 Å². The van der Waals surface area contributed by atoms with Gasteiger partial charge in [0.05, 0.1) is 5.56 Å². The lowest BCUT2D eigenvalue weighted by Crippen LogP contribution is -2.01. The standard InChI is InChI=1S/C14H13NO2/c1-9-3-2-4-12(14(16)17)13(9)10-5-7-11(15)8-6-10/h2-8H,15H2,1H3,(H,16,17). The number of rotatable bonds is 2. The minimum atomic E-state index is -0.916. The van der Waals surface area contributed by atoms with Crippen LogP contribution in [0.4, 0.5) is 5.69 Å². The third kappa shape index (κ3) is 2.13. The lowest BCUT2D eigenvalue weighted by Gasteiger charge is -2.10. The molecule has 0 saturated heterocycles. The summed E-state index contributed by atoms with van der Waals surface area (Å²) in [5.74, 6) is -0.916. The number of carboxylic acid groups (broad SMARTS) is 1. The third-order valence-electron chi connectivity index (χ3n) is 2.70. The van der Waals surface area contributed by atoms with Crippen LogP contribution in [-0.2, 0) is 0 Å². The number of hydrogen-bond acceptors (Lipinski definition) is 2. The van der Waals surface area contributed by atoms with E-state index in [1.54, 1.807) is 24.3 Å². The fraction of sp³-hybridized carbons (Fsp3) is 0.0714. The number of carbonyl (C=O) groups is 1. The SMILES string of the molecule is Cc1cccc(C(=O)O)c1-c1ccc(N)cc1. The number of carboxylic acids is 1. The van der Waals surface area contributed by atoms with Gasteiger partial charge in [-0.2, -0.15) is 0 Å². The van der Waals surface area contributed by atoms with Gasteiger partial charge in [0.25, 0.3) is 0 Å². The lowest BCUT2D eigenvalue weighted by molar-refractivity contribution is 0.0697. The first-order valence-corrected chi connectivity index (χ1v) is 5.28. The highest BCUT2D eigenvalue weighted by atomic mass is 16.4. The van der Waals surface area contributed by atoms with Crippen molar-refractivity contribution in [3.8, 4) is 11.1 Å². The van der Waals surface area contributed by atoms with Gasteiger partial charge in [-0.15, -0.1) is 0 Å². The minimum Gasteiger partial charge on any atom is -0.478 e. The molecule has 0 aliphatic rings. The zero-order valence-electron chi connectivity index (χ0n) is 9.47. The van der Waals surface area contributed by atoms with Gasteiger partial charge in [0, 0.05) is 5.69 Å². The number of aryl methyl sites for hydroxylation is 1. The predicted molar refractivity (Wildman–Crippen MR) is 68.0 cm³/mol. The number of aromatic carboxylic acids is 1. The average Bonchev–Trinajstić information content (AvgIpc) is 2.30. The van der Waals surface area contributed by atoms with Crippen LogP contribution in [-0.4, -0.2) is 11.1 Å². The maximum atomic E-state index is 11.2. The zero-order chi connectivity index (χ0) is 12.4. The minimum absolute atomic E-state index is 0.315. The van der Waals surface area contributed by atoms with Crippen molar-refractivity contribution >= 4 is 11.7 Å². The van der Waals surface area contributed by atoms with Gasteiger partial charge >= 0.3 is 5.97 Å². The van der Waals surface area contributed by atoms with Gasteiger partial charge in [0.2, 0.25) is 0 Å². The van der Waals surface area contributed by atoms with Crippen LogP contribution in [0.25, 0.3) is 11.1 Å². The molecule has 0 amide bonds. The second-order valence-electron chi connectivity index (χ2n) is 3.92. The maximum Gasteiger partial charge on any atom is 0.336 e. The summed E-state index contributed by atoms with van der Waals surface area (Å²) in [4.78, 5) is 11.2. The summed E-state index contributed by atoms with van der Waals surface area (Å²) in [6, 6.07) is 12.5.